The van der Waals surface area contributed by atoms with Crippen LogP contribution in [0, 0.1) is 17.8 Å². The molecule has 0 saturated heterocycles. The quantitative estimate of drug-likeness (QED) is 0.426. The van der Waals surface area contributed by atoms with Crippen LogP contribution in [-0.2, 0) is 23.5 Å². The third kappa shape index (κ3) is 3.13. The molecule has 0 aromatic carbocycles. The maximum Gasteiger partial charge on any atom is 0.313 e. The fourth-order valence-corrected chi connectivity index (χ4v) is 5.07. The zero-order valence-electron chi connectivity index (χ0n) is 14.0. The highest BCUT2D eigenvalue weighted by atomic mass is 28.4. The van der Waals surface area contributed by atoms with E-state index in [-0.39, 0.29) is 17.9 Å². The van der Waals surface area contributed by atoms with Gasteiger partial charge in [-0.1, -0.05) is 12.2 Å². The van der Waals surface area contributed by atoms with Crippen LogP contribution in [0.4, 0.5) is 0 Å². The van der Waals surface area contributed by atoms with Crippen molar-refractivity contribution in [3.8, 4) is 0 Å². The zero-order valence-corrected chi connectivity index (χ0v) is 15.0. The second-order valence-corrected chi connectivity index (χ2v) is 11.3. The van der Waals surface area contributed by atoms with Crippen molar-refractivity contribution in [1.82, 2.24) is 0 Å². The summed E-state index contributed by atoms with van der Waals surface area (Å²) in [6, 6.07) is 0. The lowest BCUT2D eigenvalue weighted by Gasteiger charge is -2.38. The Morgan fingerprint density at radius 3 is 2.27 bits per heavy atom. The normalized spacial score (nSPS) is 33.0. The first-order valence-corrected chi connectivity index (χ1v) is 11.4. The molecule has 4 atom stereocenters. The van der Waals surface area contributed by atoms with Crippen molar-refractivity contribution in [2.75, 3.05) is 13.2 Å². The number of ether oxygens (including phenoxy) is 2. The molecule has 2 aliphatic carbocycles. The van der Waals surface area contributed by atoms with Crippen LogP contribution in [0.3, 0.4) is 0 Å². The fraction of sp³-hybridized carbons (Fsp3) is 0.750. The Morgan fingerprint density at radius 2 is 1.73 bits per heavy atom. The van der Waals surface area contributed by atoms with E-state index in [0.29, 0.717) is 19.6 Å². The Balaban J connectivity index is 2.35. The van der Waals surface area contributed by atoms with Crippen LogP contribution in [0.1, 0.15) is 20.3 Å². The number of hydrogen-bond donors (Lipinski definition) is 0. The summed E-state index contributed by atoms with van der Waals surface area (Å²) in [5.74, 6) is -1.79. The van der Waals surface area contributed by atoms with E-state index in [1.165, 1.54) is 0 Å². The van der Waals surface area contributed by atoms with Crippen molar-refractivity contribution >= 4 is 20.3 Å². The van der Waals surface area contributed by atoms with Crippen LogP contribution in [0.2, 0.25) is 19.6 Å². The standard InChI is InChI=1S/C16H26O5Si/c1-6-19-14(17)12-11-8-9-16(10-11,21-22(3,4)5)13(12)15(18)20-7-2/h8-9,11-13H,6-7,10H2,1-5H3/t11-,12-,13+,16-/m0/s1. The van der Waals surface area contributed by atoms with Crippen molar-refractivity contribution in [1.29, 1.82) is 0 Å². The second-order valence-electron chi connectivity index (χ2n) is 6.90. The fourth-order valence-electron chi connectivity index (χ4n) is 3.66. The van der Waals surface area contributed by atoms with Gasteiger partial charge in [0, 0.05) is 0 Å². The van der Waals surface area contributed by atoms with Crippen molar-refractivity contribution in [2.24, 2.45) is 17.8 Å². The highest BCUT2D eigenvalue weighted by Gasteiger charge is 2.63. The molecule has 124 valence electrons. The molecule has 2 aliphatic rings. The van der Waals surface area contributed by atoms with Crippen LogP contribution < -0.4 is 0 Å². The van der Waals surface area contributed by atoms with Crippen LogP contribution in [0.15, 0.2) is 12.2 Å². The summed E-state index contributed by atoms with van der Waals surface area (Å²) >= 11 is 0. The molecule has 0 spiro atoms. The Kier molecular flexibility index (Phi) is 4.82. The molecular weight excluding hydrogens is 300 g/mol. The van der Waals surface area contributed by atoms with Crippen molar-refractivity contribution < 1.29 is 23.5 Å². The molecule has 1 saturated carbocycles. The Morgan fingerprint density at radius 1 is 1.14 bits per heavy atom. The van der Waals surface area contributed by atoms with Gasteiger partial charge in [-0.25, -0.2) is 0 Å². The molecule has 2 bridgehead atoms. The maximum atomic E-state index is 12.5. The van der Waals surface area contributed by atoms with Gasteiger partial charge in [0.15, 0.2) is 8.32 Å². The predicted molar refractivity (Wildman–Crippen MR) is 84.7 cm³/mol. The summed E-state index contributed by atoms with van der Waals surface area (Å²) < 4.78 is 16.8. The van der Waals surface area contributed by atoms with E-state index in [9.17, 15) is 9.59 Å². The van der Waals surface area contributed by atoms with Crippen molar-refractivity contribution in [2.45, 2.75) is 45.5 Å². The average Bonchev–Trinajstić information content (AvgIpc) is 2.91. The molecule has 0 N–H and O–H groups in total. The van der Waals surface area contributed by atoms with Gasteiger partial charge in [-0.3, -0.25) is 9.59 Å². The van der Waals surface area contributed by atoms with Gasteiger partial charge in [0.05, 0.1) is 24.7 Å². The van der Waals surface area contributed by atoms with E-state index in [2.05, 4.69) is 19.6 Å². The zero-order chi connectivity index (χ0) is 16.5. The summed E-state index contributed by atoms with van der Waals surface area (Å²) in [6.07, 6.45) is 4.62. The van der Waals surface area contributed by atoms with Gasteiger partial charge in [-0.15, -0.1) is 0 Å². The molecule has 0 radical (unpaired) electrons. The first kappa shape index (κ1) is 17.2. The molecule has 1 fully saturated rings. The minimum absolute atomic E-state index is 0.00944. The van der Waals surface area contributed by atoms with Crippen LogP contribution >= 0.6 is 0 Å². The number of allylic oxidation sites excluding steroid dienone is 1. The van der Waals surface area contributed by atoms with Gasteiger partial charge in [-0.2, -0.15) is 0 Å². The minimum atomic E-state index is -1.89. The number of carbonyl (C=O) groups excluding carboxylic acids is 2. The molecule has 0 unspecified atom stereocenters. The minimum Gasteiger partial charge on any atom is -0.466 e. The molecule has 22 heavy (non-hydrogen) atoms. The molecule has 0 aromatic rings. The number of carbonyl (C=O) groups is 2. The largest absolute Gasteiger partial charge is 0.466 e. The maximum absolute atomic E-state index is 12.5. The average molecular weight is 326 g/mol. The van der Waals surface area contributed by atoms with Gasteiger partial charge in [0.2, 0.25) is 0 Å². The number of hydrogen-bond acceptors (Lipinski definition) is 5. The van der Waals surface area contributed by atoms with E-state index in [0.717, 1.165) is 0 Å². The summed E-state index contributed by atoms with van der Waals surface area (Å²) in [6.45, 7) is 10.4. The highest BCUT2D eigenvalue weighted by Crippen LogP contribution is 2.54. The molecule has 0 aromatic heterocycles. The monoisotopic (exact) mass is 326 g/mol. The molecule has 0 aliphatic heterocycles. The van der Waals surface area contributed by atoms with E-state index in [1.807, 2.05) is 12.2 Å². The Bertz CT molecular complexity index is 481. The first-order valence-electron chi connectivity index (χ1n) is 7.97. The van der Waals surface area contributed by atoms with E-state index >= 15 is 0 Å². The van der Waals surface area contributed by atoms with Gasteiger partial charge >= 0.3 is 11.9 Å². The van der Waals surface area contributed by atoms with E-state index in [1.54, 1.807) is 13.8 Å². The molecule has 5 nitrogen and oxygen atoms in total. The lowest BCUT2D eigenvalue weighted by Crippen LogP contribution is -2.50. The summed E-state index contributed by atoms with van der Waals surface area (Å²) in [5, 5.41) is 0. The van der Waals surface area contributed by atoms with E-state index in [4.69, 9.17) is 13.9 Å². The van der Waals surface area contributed by atoms with Gasteiger partial charge < -0.3 is 13.9 Å². The van der Waals surface area contributed by atoms with Crippen molar-refractivity contribution in [3.05, 3.63) is 12.2 Å². The van der Waals surface area contributed by atoms with Crippen LogP contribution in [0.5, 0.6) is 0 Å². The Labute approximate surface area is 133 Å². The smallest absolute Gasteiger partial charge is 0.313 e. The third-order valence-corrected chi connectivity index (χ3v) is 5.12. The Hall–Kier alpha value is -1.14. The van der Waals surface area contributed by atoms with Gasteiger partial charge in [0.25, 0.3) is 0 Å². The third-order valence-electron chi connectivity index (χ3n) is 4.12. The molecule has 6 heteroatoms. The van der Waals surface area contributed by atoms with Crippen molar-refractivity contribution in [3.63, 3.8) is 0 Å². The predicted octanol–water partition coefficient (Wildman–Crippen LogP) is 2.53. The lowest BCUT2D eigenvalue weighted by molar-refractivity contribution is -0.164. The summed E-state index contributed by atoms with van der Waals surface area (Å²) in [7, 11) is -1.89. The molecule has 2 rings (SSSR count). The SMILES string of the molecule is CCOC(=O)[C@H]1[C@H]2C=C[C@](O[Si](C)(C)C)(C2)[C@H]1C(=O)OCC. The van der Waals surface area contributed by atoms with Gasteiger partial charge in [0.1, 0.15) is 5.92 Å². The molecule has 0 heterocycles. The number of rotatable bonds is 6. The van der Waals surface area contributed by atoms with Gasteiger partial charge in [-0.05, 0) is 45.8 Å². The summed E-state index contributed by atoms with van der Waals surface area (Å²) in [5.41, 5.74) is -0.710. The topological polar surface area (TPSA) is 61.8 Å². The first-order chi connectivity index (χ1) is 10.2. The molecule has 0 amide bonds. The van der Waals surface area contributed by atoms with E-state index < -0.39 is 25.8 Å². The summed E-state index contributed by atoms with van der Waals surface area (Å²) in [4.78, 5) is 24.9. The highest BCUT2D eigenvalue weighted by molar-refractivity contribution is 6.69. The van der Waals surface area contributed by atoms with Crippen LogP contribution in [-0.4, -0.2) is 39.1 Å². The molecular formula is C16H26O5Si. The second kappa shape index (κ2) is 6.16. The number of fused-ring (bicyclic) bond motifs is 2. The van der Waals surface area contributed by atoms with Crippen LogP contribution in [0.25, 0.3) is 0 Å². The lowest BCUT2D eigenvalue weighted by atomic mass is 9.81. The number of esters is 2.